The smallest absolute Gasteiger partial charge is 0.259 e. The van der Waals surface area contributed by atoms with Gasteiger partial charge in [-0.25, -0.2) is 0 Å². The summed E-state index contributed by atoms with van der Waals surface area (Å²) in [6.07, 6.45) is 2.66. The first kappa shape index (κ1) is 25.2. The molecule has 0 bridgehead atoms. The lowest BCUT2D eigenvalue weighted by atomic mass is 9.84. The van der Waals surface area contributed by atoms with Crippen LogP contribution in [0.5, 0.6) is 0 Å². The monoisotopic (exact) mass is 541 g/mol. The molecule has 1 fully saturated rings. The number of carbonyl (C=O) groups is 4. The fourth-order valence-corrected chi connectivity index (χ4v) is 5.16. The number of amides is 4. The third-order valence-electron chi connectivity index (χ3n) is 6.50. The van der Waals surface area contributed by atoms with Crippen molar-refractivity contribution in [3.05, 3.63) is 69.8 Å². The molecule has 0 aliphatic carbocycles. The number of nitrogens with one attached hydrogen (secondary N) is 3. The number of benzene rings is 2. The Morgan fingerprint density at radius 3 is 2.23 bits per heavy atom. The summed E-state index contributed by atoms with van der Waals surface area (Å²) in [4.78, 5) is 46.6. The highest BCUT2D eigenvalue weighted by atomic mass is 79.9. The number of morpholine rings is 1. The molecular weight excluding hydrogens is 514 g/mol. The molecule has 3 heterocycles. The molecule has 3 aliphatic heterocycles. The van der Waals surface area contributed by atoms with E-state index in [1.165, 1.54) is 0 Å². The molecule has 1 saturated heterocycles. The summed E-state index contributed by atoms with van der Waals surface area (Å²) in [5.41, 5.74) is 3.99. The summed E-state index contributed by atoms with van der Waals surface area (Å²) in [6, 6.07) is 11.1. The highest BCUT2D eigenvalue weighted by Crippen LogP contribution is 2.31. The van der Waals surface area contributed by atoms with Crippen molar-refractivity contribution in [2.24, 2.45) is 0 Å². The minimum atomic E-state index is -0.297. The zero-order valence-corrected chi connectivity index (χ0v) is 21.1. The van der Waals surface area contributed by atoms with Gasteiger partial charge in [0.1, 0.15) is 0 Å². The maximum Gasteiger partial charge on any atom is 0.259 e. The Balaban J connectivity index is 0.000000172. The largest absolute Gasteiger partial charge is 0.378 e. The number of fused-ring (bicyclic) bond motifs is 2. The molecule has 2 aromatic rings. The zero-order chi connectivity index (χ0) is 24.9. The fraction of sp³-hybridized carbons (Fsp3) is 0.385. The number of imide groups is 2. The molecule has 2 atom stereocenters. The first-order chi connectivity index (χ1) is 17.0. The van der Waals surface area contributed by atoms with Crippen LogP contribution in [0, 0.1) is 0 Å². The molecule has 0 spiro atoms. The van der Waals surface area contributed by atoms with E-state index >= 15 is 0 Å². The number of alkyl halides is 1. The molecule has 2 unspecified atom stereocenters. The molecule has 4 amide bonds. The molecule has 35 heavy (non-hydrogen) atoms. The highest BCUT2D eigenvalue weighted by molar-refractivity contribution is 9.09. The van der Waals surface area contributed by atoms with Crippen molar-refractivity contribution >= 4 is 39.6 Å². The average molecular weight is 542 g/mol. The Hall–Kier alpha value is -2.88. The van der Waals surface area contributed by atoms with Crippen LogP contribution in [0.3, 0.4) is 0 Å². The zero-order valence-electron chi connectivity index (χ0n) is 19.5. The van der Waals surface area contributed by atoms with Crippen LogP contribution < -0.4 is 16.0 Å². The molecule has 0 aromatic heterocycles. The van der Waals surface area contributed by atoms with Crippen LogP contribution in [-0.2, 0) is 11.2 Å². The van der Waals surface area contributed by atoms with Crippen molar-refractivity contribution in [1.29, 1.82) is 0 Å². The first-order valence-electron chi connectivity index (χ1n) is 11.8. The van der Waals surface area contributed by atoms with E-state index in [9.17, 15) is 19.2 Å². The molecule has 0 radical (unpaired) electrons. The molecule has 8 nitrogen and oxygen atoms in total. The van der Waals surface area contributed by atoms with Crippen molar-refractivity contribution < 1.29 is 23.9 Å². The van der Waals surface area contributed by atoms with E-state index in [2.05, 4.69) is 38.8 Å². The normalized spacial score (nSPS) is 19.3. The Morgan fingerprint density at radius 1 is 0.943 bits per heavy atom. The molecular formula is C26H28BrN3O5. The van der Waals surface area contributed by atoms with E-state index in [1.807, 2.05) is 24.3 Å². The quantitative estimate of drug-likeness (QED) is 0.382. The summed E-state index contributed by atoms with van der Waals surface area (Å²) in [5.74, 6) is -0.955. The molecule has 9 heteroatoms. The molecule has 5 rings (SSSR count). The molecule has 2 aromatic carbocycles. The van der Waals surface area contributed by atoms with Crippen molar-refractivity contribution in [2.45, 2.75) is 38.1 Å². The molecule has 3 aliphatic rings. The van der Waals surface area contributed by atoms with Crippen LogP contribution >= 0.6 is 15.9 Å². The summed E-state index contributed by atoms with van der Waals surface area (Å²) < 4.78 is 5.52. The van der Waals surface area contributed by atoms with E-state index in [0.717, 1.165) is 48.9 Å². The van der Waals surface area contributed by atoms with Crippen molar-refractivity contribution in [2.75, 3.05) is 25.1 Å². The Bertz CT molecular complexity index is 1160. The van der Waals surface area contributed by atoms with Gasteiger partial charge in [-0.15, -0.1) is 0 Å². The molecule has 0 saturated carbocycles. The molecule has 3 N–H and O–H groups in total. The summed E-state index contributed by atoms with van der Waals surface area (Å²) in [7, 11) is 0. The number of hydrogen-bond acceptors (Lipinski definition) is 6. The summed E-state index contributed by atoms with van der Waals surface area (Å²) in [5, 5.41) is 9.02. The van der Waals surface area contributed by atoms with Gasteiger partial charge in [0.15, 0.2) is 0 Å². The van der Waals surface area contributed by atoms with Crippen LogP contribution in [-0.4, -0.2) is 54.8 Å². The Kier molecular flexibility index (Phi) is 8.10. The highest BCUT2D eigenvalue weighted by Gasteiger charge is 2.34. The van der Waals surface area contributed by atoms with Crippen molar-refractivity contribution in [3.63, 3.8) is 0 Å². The van der Waals surface area contributed by atoms with Gasteiger partial charge in [0.25, 0.3) is 23.6 Å². The van der Waals surface area contributed by atoms with E-state index in [-0.39, 0.29) is 35.6 Å². The second-order valence-corrected chi connectivity index (χ2v) is 9.41. The lowest BCUT2D eigenvalue weighted by Crippen LogP contribution is -2.45. The van der Waals surface area contributed by atoms with E-state index in [0.29, 0.717) is 28.9 Å². The van der Waals surface area contributed by atoms with Gasteiger partial charge in [-0.05, 0) is 42.5 Å². The van der Waals surface area contributed by atoms with Crippen LogP contribution in [0.2, 0.25) is 0 Å². The third kappa shape index (κ3) is 5.22. The summed E-state index contributed by atoms with van der Waals surface area (Å²) >= 11 is 3.35. The second kappa shape index (κ2) is 11.2. The maximum atomic E-state index is 12.0. The van der Waals surface area contributed by atoms with Gasteiger partial charge in [-0.2, -0.15) is 0 Å². The topological polar surface area (TPSA) is 114 Å². The number of ether oxygens (including phenoxy) is 1. The number of carbonyl (C=O) groups excluding carboxylic acids is 4. The number of hydrogen-bond donors (Lipinski definition) is 3. The Morgan fingerprint density at radius 2 is 1.60 bits per heavy atom. The number of rotatable bonds is 6. The first-order valence-corrected chi connectivity index (χ1v) is 12.9. The fourth-order valence-electron chi connectivity index (χ4n) is 4.88. The predicted octanol–water partition coefficient (Wildman–Crippen LogP) is 2.95. The van der Waals surface area contributed by atoms with E-state index < -0.39 is 0 Å². The average Bonchev–Trinajstić information content (AvgIpc) is 3.34. The van der Waals surface area contributed by atoms with Gasteiger partial charge in [-0.3, -0.25) is 29.8 Å². The summed E-state index contributed by atoms with van der Waals surface area (Å²) in [6.45, 7) is 4.27. The minimum Gasteiger partial charge on any atom is -0.378 e. The van der Waals surface area contributed by atoms with Crippen LogP contribution in [0.1, 0.15) is 78.2 Å². The second-order valence-electron chi connectivity index (χ2n) is 8.62. The van der Waals surface area contributed by atoms with Crippen LogP contribution in [0.15, 0.2) is 36.4 Å². The SMILES string of the molecule is CCC(c1cccc2c1C(=O)NC2=O)C1COCCN1.O=C1NC(=O)c2c(CCCBr)cccc21. The van der Waals surface area contributed by atoms with Gasteiger partial charge in [0.2, 0.25) is 0 Å². The van der Waals surface area contributed by atoms with Gasteiger partial charge >= 0.3 is 0 Å². The van der Waals surface area contributed by atoms with Crippen molar-refractivity contribution in [1.82, 2.24) is 16.0 Å². The minimum absolute atomic E-state index is 0.168. The third-order valence-corrected chi connectivity index (χ3v) is 7.06. The lowest BCUT2D eigenvalue weighted by Gasteiger charge is -2.31. The van der Waals surface area contributed by atoms with Crippen LogP contribution in [0.25, 0.3) is 0 Å². The maximum absolute atomic E-state index is 12.0. The predicted molar refractivity (Wildman–Crippen MR) is 134 cm³/mol. The number of aryl methyl sites for hydroxylation is 1. The van der Waals surface area contributed by atoms with Gasteiger partial charge < -0.3 is 10.1 Å². The standard InChI is InChI=1S/C15H18N2O3.C11H10BrNO2/c1-2-9(12-8-20-7-6-16-12)10-4-3-5-11-13(10)15(19)17-14(11)18;12-6-2-4-7-3-1-5-8-9(7)11(15)13-10(8)14/h3-5,9,12,16H,2,6-8H2,1H3,(H,17,18,19);1,3,5H,2,4,6H2,(H,13,14,15). The van der Waals surface area contributed by atoms with Gasteiger partial charge in [-0.1, -0.05) is 47.1 Å². The van der Waals surface area contributed by atoms with Gasteiger partial charge in [0, 0.05) is 23.8 Å². The lowest BCUT2D eigenvalue weighted by molar-refractivity contribution is 0.0671. The van der Waals surface area contributed by atoms with Crippen molar-refractivity contribution in [3.8, 4) is 0 Å². The van der Waals surface area contributed by atoms with E-state index in [1.54, 1.807) is 12.1 Å². The molecule has 184 valence electrons. The van der Waals surface area contributed by atoms with E-state index in [4.69, 9.17) is 4.74 Å². The number of halogens is 1. The Labute approximate surface area is 212 Å². The van der Waals surface area contributed by atoms with Gasteiger partial charge in [0.05, 0.1) is 35.5 Å². The van der Waals surface area contributed by atoms with Crippen LogP contribution in [0.4, 0.5) is 0 Å².